The SMILES string of the molecule is Cc1cc(-c2nc3nc(OC(C)C)cc(OC(C)C)c3c(=O)[nH]2)cc(C)c1OCCN1CCCC1. The van der Waals surface area contributed by atoms with Crippen LogP contribution < -0.4 is 19.8 Å². The van der Waals surface area contributed by atoms with Crippen molar-refractivity contribution in [3.63, 3.8) is 0 Å². The topological polar surface area (TPSA) is 89.6 Å². The van der Waals surface area contributed by atoms with Crippen LogP contribution in [0.2, 0.25) is 0 Å². The Kier molecular flexibility index (Phi) is 7.60. The van der Waals surface area contributed by atoms with Crippen molar-refractivity contribution in [1.29, 1.82) is 0 Å². The van der Waals surface area contributed by atoms with Gasteiger partial charge in [-0.1, -0.05) is 0 Å². The summed E-state index contributed by atoms with van der Waals surface area (Å²) >= 11 is 0. The Labute approximate surface area is 206 Å². The third kappa shape index (κ3) is 5.93. The zero-order valence-corrected chi connectivity index (χ0v) is 21.6. The molecule has 0 radical (unpaired) electrons. The van der Waals surface area contributed by atoms with E-state index in [4.69, 9.17) is 19.2 Å². The van der Waals surface area contributed by atoms with Gasteiger partial charge < -0.3 is 19.2 Å². The number of fused-ring (bicyclic) bond motifs is 1. The van der Waals surface area contributed by atoms with Gasteiger partial charge in [0.15, 0.2) is 5.65 Å². The van der Waals surface area contributed by atoms with E-state index in [9.17, 15) is 4.79 Å². The number of aromatic nitrogens is 3. The second-order valence-electron chi connectivity index (χ2n) is 9.74. The van der Waals surface area contributed by atoms with Crippen molar-refractivity contribution >= 4 is 11.0 Å². The molecule has 0 atom stereocenters. The summed E-state index contributed by atoms with van der Waals surface area (Å²) in [7, 11) is 0. The molecule has 1 aliphatic rings. The van der Waals surface area contributed by atoms with E-state index in [0.717, 1.165) is 42.1 Å². The Morgan fingerprint density at radius 1 is 0.971 bits per heavy atom. The van der Waals surface area contributed by atoms with Crippen LogP contribution in [0.3, 0.4) is 0 Å². The van der Waals surface area contributed by atoms with Crippen LogP contribution in [0.15, 0.2) is 23.0 Å². The van der Waals surface area contributed by atoms with E-state index in [2.05, 4.69) is 14.9 Å². The first-order chi connectivity index (χ1) is 16.7. The molecule has 4 rings (SSSR count). The number of aromatic amines is 1. The monoisotopic (exact) mass is 480 g/mol. The molecule has 0 bridgehead atoms. The quantitative estimate of drug-likeness (QED) is 0.477. The lowest BCUT2D eigenvalue weighted by Gasteiger charge is -2.18. The molecule has 1 N–H and O–H groups in total. The number of hydrogen-bond acceptors (Lipinski definition) is 7. The molecular formula is C27H36N4O4. The predicted molar refractivity (Wildman–Crippen MR) is 138 cm³/mol. The van der Waals surface area contributed by atoms with Gasteiger partial charge in [0.1, 0.15) is 29.3 Å². The number of aryl methyl sites for hydroxylation is 2. The van der Waals surface area contributed by atoms with Crippen LogP contribution in [0.4, 0.5) is 0 Å². The van der Waals surface area contributed by atoms with E-state index in [0.29, 0.717) is 35.1 Å². The molecule has 8 nitrogen and oxygen atoms in total. The number of nitrogens with zero attached hydrogens (tertiary/aromatic N) is 3. The highest BCUT2D eigenvalue weighted by atomic mass is 16.5. The smallest absolute Gasteiger partial charge is 0.264 e. The van der Waals surface area contributed by atoms with Crippen molar-refractivity contribution in [2.45, 2.75) is 66.6 Å². The Morgan fingerprint density at radius 3 is 2.26 bits per heavy atom. The summed E-state index contributed by atoms with van der Waals surface area (Å²) in [6.45, 7) is 15.6. The molecule has 35 heavy (non-hydrogen) atoms. The van der Waals surface area contributed by atoms with Crippen molar-refractivity contribution < 1.29 is 14.2 Å². The molecule has 1 fully saturated rings. The minimum absolute atomic E-state index is 0.0726. The number of rotatable bonds is 9. The third-order valence-corrected chi connectivity index (χ3v) is 5.92. The summed E-state index contributed by atoms with van der Waals surface area (Å²) in [5.41, 5.74) is 2.79. The van der Waals surface area contributed by atoms with E-state index in [1.165, 1.54) is 12.8 Å². The molecule has 8 heteroatoms. The van der Waals surface area contributed by atoms with Gasteiger partial charge in [-0.3, -0.25) is 9.69 Å². The molecule has 188 valence electrons. The fourth-order valence-corrected chi connectivity index (χ4v) is 4.47. The normalized spacial score (nSPS) is 14.3. The first kappa shape index (κ1) is 25.0. The Bertz CT molecular complexity index is 1220. The molecule has 0 saturated carbocycles. The van der Waals surface area contributed by atoms with E-state index in [1.807, 2.05) is 53.7 Å². The van der Waals surface area contributed by atoms with Gasteiger partial charge in [0.05, 0.1) is 12.2 Å². The Balaban J connectivity index is 1.67. The summed E-state index contributed by atoms with van der Waals surface area (Å²) in [5, 5.41) is 0.314. The van der Waals surface area contributed by atoms with Crippen LogP contribution in [0, 0.1) is 13.8 Å². The average Bonchev–Trinajstić information content (AvgIpc) is 3.27. The van der Waals surface area contributed by atoms with E-state index < -0.39 is 0 Å². The largest absolute Gasteiger partial charge is 0.492 e. The first-order valence-corrected chi connectivity index (χ1v) is 12.5. The molecule has 0 aliphatic carbocycles. The van der Waals surface area contributed by atoms with Gasteiger partial charge in [-0.2, -0.15) is 4.98 Å². The van der Waals surface area contributed by atoms with Crippen molar-refractivity contribution in [2.24, 2.45) is 0 Å². The lowest BCUT2D eigenvalue weighted by atomic mass is 10.0. The standard InChI is InChI=1S/C27H36N4O4/c1-16(2)34-21-15-22(35-17(3)4)28-26-23(21)27(32)30-25(29-26)20-13-18(5)24(19(6)14-20)33-12-11-31-9-7-8-10-31/h13-17H,7-12H2,1-6H3,(H,28,29,30,32). The van der Waals surface area contributed by atoms with Crippen LogP contribution in [-0.4, -0.2) is 58.3 Å². The van der Waals surface area contributed by atoms with E-state index in [1.54, 1.807) is 6.07 Å². The molecule has 1 saturated heterocycles. The number of H-pyrrole nitrogens is 1. The molecule has 1 aliphatic heterocycles. The fourth-order valence-electron chi connectivity index (χ4n) is 4.47. The number of hydrogen-bond donors (Lipinski definition) is 1. The molecule has 0 spiro atoms. The number of pyridine rings is 1. The van der Waals surface area contributed by atoms with E-state index in [-0.39, 0.29) is 17.8 Å². The minimum atomic E-state index is -0.300. The van der Waals surface area contributed by atoms with Crippen molar-refractivity contribution in [3.05, 3.63) is 39.7 Å². The number of ether oxygens (including phenoxy) is 3. The summed E-state index contributed by atoms with van der Waals surface area (Å²) < 4.78 is 17.8. The second-order valence-corrected chi connectivity index (χ2v) is 9.74. The van der Waals surface area contributed by atoms with Crippen LogP contribution in [0.5, 0.6) is 17.4 Å². The highest BCUT2D eigenvalue weighted by Gasteiger charge is 2.18. The van der Waals surface area contributed by atoms with Crippen LogP contribution >= 0.6 is 0 Å². The molecular weight excluding hydrogens is 444 g/mol. The summed E-state index contributed by atoms with van der Waals surface area (Å²) in [5.74, 6) is 2.12. The Morgan fingerprint density at radius 2 is 1.63 bits per heavy atom. The first-order valence-electron chi connectivity index (χ1n) is 12.5. The molecule has 1 aromatic carbocycles. The van der Waals surface area contributed by atoms with E-state index >= 15 is 0 Å². The highest BCUT2D eigenvalue weighted by Crippen LogP contribution is 2.31. The summed E-state index contributed by atoms with van der Waals surface area (Å²) in [6, 6.07) is 5.63. The summed E-state index contributed by atoms with van der Waals surface area (Å²) in [6.07, 6.45) is 2.36. The Hall–Kier alpha value is -3.13. The van der Waals surface area contributed by atoms with Gasteiger partial charge in [-0.15, -0.1) is 0 Å². The lowest BCUT2D eigenvalue weighted by Crippen LogP contribution is -2.25. The molecule has 3 heterocycles. The van der Waals surface area contributed by atoms with Gasteiger partial charge >= 0.3 is 0 Å². The second kappa shape index (κ2) is 10.6. The molecule has 0 amide bonds. The zero-order chi connectivity index (χ0) is 25.1. The van der Waals surface area contributed by atoms with Crippen molar-refractivity contribution in [3.8, 4) is 28.8 Å². The highest BCUT2D eigenvalue weighted by molar-refractivity contribution is 5.83. The maximum Gasteiger partial charge on any atom is 0.264 e. The van der Waals surface area contributed by atoms with Gasteiger partial charge in [0, 0.05) is 18.2 Å². The van der Waals surface area contributed by atoms with Crippen LogP contribution in [0.1, 0.15) is 51.7 Å². The minimum Gasteiger partial charge on any atom is -0.492 e. The van der Waals surface area contributed by atoms with Crippen molar-refractivity contribution in [2.75, 3.05) is 26.2 Å². The van der Waals surface area contributed by atoms with Gasteiger partial charge in [0.25, 0.3) is 5.56 Å². The fraction of sp³-hybridized carbons (Fsp3) is 0.519. The molecule has 3 aromatic rings. The maximum absolute atomic E-state index is 13.1. The van der Waals surface area contributed by atoms with Crippen LogP contribution in [-0.2, 0) is 0 Å². The average molecular weight is 481 g/mol. The van der Waals surface area contributed by atoms with Gasteiger partial charge in [0.2, 0.25) is 5.88 Å². The lowest BCUT2D eigenvalue weighted by molar-refractivity contribution is 0.224. The molecule has 2 aromatic heterocycles. The predicted octanol–water partition coefficient (Wildman–Crippen LogP) is 4.65. The third-order valence-electron chi connectivity index (χ3n) is 5.92. The van der Waals surface area contributed by atoms with Gasteiger partial charge in [-0.25, -0.2) is 4.98 Å². The van der Waals surface area contributed by atoms with Crippen LogP contribution in [0.25, 0.3) is 22.4 Å². The van der Waals surface area contributed by atoms with Gasteiger partial charge in [-0.05, 0) is 90.7 Å². The van der Waals surface area contributed by atoms with Crippen molar-refractivity contribution in [1.82, 2.24) is 19.9 Å². The maximum atomic E-state index is 13.1. The number of likely N-dealkylation sites (tertiary alicyclic amines) is 1. The zero-order valence-electron chi connectivity index (χ0n) is 21.6. The summed E-state index contributed by atoms with van der Waals surface area (Å²) in [4.78, 5) is 27.7. The number of nitrogens with one attached hydrogen (secondary N) is 1. The molecule has 0 unspecified atom stereocenters. The number of benzene rings is 1.